The average molecular weight is 318 g/mol. The zero-order valence-electron chi connectivity index (χ0n) is 12.8. The van der Waals surface area contributed by atoms with Crippen molar-refractivity contribution >= 4 is 23.2 Å². The lowest BCUT2D eigenvalue weighted by atomic mass is 10.1. The number of halogens is 2. The van der Waals surface area contributed by atoms with E-state index in [9.17, 15) is 0 Å². The molecule has 1 aromatic carbocycles. The van der Waals surface area contributed by atoms with Gasteiger partial charge in [-0.2, -0.15) is 0 Å². The highest BCUT2D eigenvalue weighted by Crippen LogP contribution is 2.23. The minimum atomic E-state index is -0.121. The zero-order chi connectivity index (χ0) is 15.2. The van der Waals surface area contributed by atoms with E-state index >= 15 is 0 Å². The number of hydrogen-bond donors (Lipinski definition) is 1. The standard InChI is InChI=1S/C16H25Cl2NO/c1-5-8-19-13(11-20-16(2,3)4)9-12-6-7-14(17)15(18)10-12/h6-7,10,13,19H,5,8-9,11H2,1-4H3. The Morgan fingerprint density at radius 1 is 1.20 bits per heavy atom. The van der Waals surface area contributed by atoms with Gasteiger partial charge in [0, 0.05) is 6.04 Å². The number of rotatable bonds is 7. The molecule has 1 N–H and O–H groups in total. The van der Waals surface area contributed by atoms with Crippen molar-refractivity contribution < 1.29 is 4.74 Å². The maximum atomic E-state index is 6.07. The Morgan fingerprint density at radius 3 is 2.45 bits per heavy atom. The van der Waals surface area contributed by atoms with Crippen LogP contribution in [0.15, 0.2) is 18.2 Å². The van der Waals surface area contributed by atoms with Crippen LogP contribution in [0.2, 0.25) is 10.0 Å². The van der Waals surface area contributed by atoms with Crippen molar-refractivity contribution in [2.75, 3.05) is 13.2 Å². The number of hydrogen-bond acceptors (Lipinski definition) is 2. The van der Waals surface area contributed by atoms with Gasteiger partial charge in [-0.05, 0) is 57.9 Å². The molecule has 1 aromatic rings. The van der Waals surface area contributed by atoms with Crippen molar-refractivity contribution in [3.63, 3.8) is 0 Å². The summed E-state index contributed by atoms with van der Waals surface area (Å²) in [5, 5.41) is 4.73. The number of ether oxygens (including phenoxy) is 1. The van der Waals surface area contributed by atoms with E-state index in [0.717, 1.165) is 19.4 Å². The predicted octanol–water partition coefficient (Wildman–Crippen LogP) is 4.72. The highest BCUT2D eigenvalue weighted by atomic mass is 35.5. The first kappa shape index (κ1) is 17.8. The summed E-state index contributed by atoms with van der Waals surface area (Å²) in [5.41, 5.74) is 1.05. The summed E-state index contributed by atoms with van der Waals surface area (Å²) < 4.78 is 5.89. The van der Waals surface area contributed by atoms with Gasteiger partial charge < -0.3 is 10.1 Å². The SMILES string of the molecule is CCCNC(COC(C)(C)C)Cc1ccc(Cl)c(Cl)c1. The smallest absolute Gasteiger partial charge is 0.0629 e. The maximum Gasteiger partial charge on any atom is 0.0629 e. The van der Waals surface area contributed by atoms with Crippen LogP contribution in [0.4, 0.5) is 0 Å². The van der Waals surface area contributed by atoms with Gasteiger partial charge in [0.1, 0.15) is 0 Å². The molecule has 0 aliphatic carbocycles. The van der Waals surface area contributed by atoms with Crippen LogP contribution in [0.5, 0.6) is 0 Å². The molecule has 0 aliphatic heterocycles. The van der Waals surface area contributed by atoms with E-state index in [1.54, 1.807) is 0 Å². The first-order valence-corrected chi connectivity index (χ1v) is 7.88. The molecule has 20 heavy (non-hydrogen) atoms. The molecule has 1 rings (SSSR count). The molecule has 114 valence electrons. The quantitative estimate of drug-likeness (QED) is 0.785. The van der Waals surface area contributed by atoms with Gasteiger partial charge in [-0.15, -0.1) is 0 Å². The second kappa shape index (κ2) is 8.23. The zero-order valence-corrected chi connectivity index (χ0v) is 14.3. The fourth-order valence-electron chi connectivity index (χ4n) is 1.84. The van der Waals surface area contributed by atoms with Gasteiger partial charge in [-0.1, -0.05) is 36.2 Å². The number of nitrogens with one attached hydrogen (secondary N) is 1. The first-order valence-electron chi connectivity index (χ1n) is 7.13. The van der Waals surface area contributed by atoms with E-state index in [1.807, 2.05) is 18.2 Å². The van der Waals surface area contributed by atoms with Crippen LogP contribution in [-0.2, 0) is 11.2 Å². The van der Waals surface area contributed by atoms with Crippen LogP contribution in [-0.4, -0.2) is 24.8 Å². The minimum Gasteiger partial charge on any atom is -0.374 e. The monoisotopic (exact) mass is 317 g/mol. The van der Waals surface area contributed by atoms with E-state index in [2.05, 4.69) is 33.0 Å². The highest BCUT2D eigenvalue weighted by molar-refractivity contribution is 6.42. The summed E-state index contributed by atoms with van der Waals surface area (Å²) >= 11 is 12.0. The van der Waals surface area contributed by atoms with Crippen molar-refractivity contribution in [3.8, 4) is 0 Å². The van der Waals surface area contributed by atoms with Crippen molar-refractivity contribution in [2.24, 2.45) is 0 Å². The Balaban J connectivity index is 2.65. The lowest BCUT2D eigenvalue weighted by Gasteiger charge is -2.25. The maximum absolute atomic E-state index is 6.07. The van der Waals surface area contributed by atoms with Gasteiger partial charge >= 0.3 is 0 Å². The first-order chi connectivity index (χ1) is 9.31. The third kappa shape index (κ3) is 6.94. The largest absolute Gasteiger partial charge is 0.374 e. The summed E-state index contributed by atoms with van der Waals surface area (Å²) in [5.74, 6) is 0. The van der Waals surface area contributed by atoms with E-state index in [0.29, 0.717) is 16.7 Å². The van der Waals surface area contributed by atoms with E-state index in [1.165, 1.54) is 5.56 Å². The van der Waals surface area contributed by atoms with Crippen LogP contribution in [0.1, 0.15) is 39.7 Å². The molecule has 0 aliphatic rings. The summed E-state index contributed by atoms with van der Waals surface area (Å²) in [4.78, 5) is 0. The Kier molecular flexibility index (Phi) is 7.32. The molecule has 4 heteroatoms. The molecule has 0 heterocycles. The van der Waals surface area contributed by atoms with E-state index in [4.69, 9.17) is 27.9 Å². The molecule has 0 amide bonds. The van der Waals surface area contributed by atoms with Gasteiger partial charge in [-0.25, -0.2) is 0 Å². The van der Waals surface area contributed by atoms with Crippen LogP contribution < -0.4 is 5.32 Å². The minimum absolute atomic E-state index is 0.121. The van der Waals surface area contributed by atoms with E-state index < -0.39 is 0 Å². The molecule has 0 spiro atoms. The van der Waals surface area contributed by atoms with Crippen molar-refractivity contribution in [3.05, 3.63) is 33.8 Å². The summed E-state index contributed by atoms with van der Waals surface area (Å²) in [6.45, 7) is 10.0. The molecule has 0 saturated carbocycles. The molecule has 1 unspecified atom stereocenters. The van der Waals surface area contributed by atoms with Gasteiger partial charge in [0.2, 0.25) is 0 Å². The van der Waals surface area contributed by atoms with Gasteiger partial charge in [-0.3, -0.25) is 0 Å². The summed E-state index contributed by atoms with van der Waals surface area (Å²) in [6, 6.07) is 6.08. The lowest BCUT2D eigenvalue weighted by Crippen LogP contribution is -2.38. The normalized spacial score (nSPS) is 13.5. The Morgan fingerprint density at radius 2 is 1.90 bits per heavy atom. The second-order valence-corrected chi connectivity index (χ2v) is 6.84. The third-order valence-electron chi connectivity index (χ3n) is 2.87. The Bertz CT molecular complexity index is 415. The van der Waals surface area contributed by atoms with Crippen molar-refractivity contribution in [2.45, 2.75) is 52.2 Å². The molecule has 0 bridgehead atoms. The second-order valence-electron chi connectivity index (χ2n) is 6.03. The summed E-state index contributed by atoms with van der Waals surface area (Å²) in [7, 11) is 0. The van der Waals surface area contributed by atoms with Gasteiger partial charge in [0.25, 0.3) is 0 Å². The highest BCUT2D eigenvalue weighted by Gasteiger charge is 2.16. The van der Waals surface area contributed by atoms with Crippen molar-refractivity contribution in [1.82, 2.24) is 5.32 Å². The molecule has 0 saturated heterocycles. The van der Waals surface area contributed by atoms with Crippen LogP contribution >= 0.6 is 23.2 Å². The fourth-order valence-corrected chi connectivity index (χ4v) is 2.16. The van der Waals surface area contributed by atoms with Gasteiger partial charge in [0.05, 0.1) is 22.3 Å². The molecule has 0 aromatic heterocycles. The fraction of sp³-hybridized carbons (Fsp3) is 0.625. The average Bonchev–Trinajstić information content (AvgIpc) is 2.36. The van der Waals surface area contributed by atoms with Crippen molar-refractivity contribution in [1.29, 1.82) is 0 Å². The number of benzene rings is 1. The molecular weight excluding hydrogens is 293 g/mol. The van der Waals surface area contributed by atoms with Crippen LogP contribution in [0.25, 0.3) is 0 Å². The third-order valence-corrected chi connectivity index (χ3v) is 3.61. The Hall–Kier alpha value is -0.280. The Labute approximate surface area is 132 Å². The predicted molar refractivity (Wildman–Crippen MR) is 88.0 cm³/mol. The molecule has 1 atom stereocenters. The van der Waals surface area contributed by atoms with Gasteiger partial charge in [0.15, 0.2) is 0 Å². The molecular formula is C16H25Cl2NO. The van der Waals surface area contributed by atoms with Crippen LogP contribution in [0.3, 0.4) is 0 Å². The topological polar surface area (TPSA) is 21.3 Å². The lowest BCUT2D eigenvalue weighted by molar-refractivity contribution is -0.0143. The molecule has 0 fully saturated rings. The molecule has 0 radical (unpaired) electrons. The van der Waals surface area contributed by atoms with Crippen LogP contribution in [0, 0.1) is 0 Å². The van der Waals surface area contributed by atoms with E-state index in [-0.39, 0.29) is 11.6 Å². The summed E-state index contributed by atoms with van der Waals surface area (Å²) in [6.07, 6.45) is 1.99. The molecule has 2 nitrogen and oxygen atoms in total.